The molecule has 2 heterocycles. The molecule has 0 saturated carbocycles. The number of hydrogen-bond donors (Lipinski definition) is 0. The van der Waals surface area contributed by atoms with E-state index in [4.69, 9.17) is 4.74 Å². The number of nitrogens with zero attached hydrogens (tertiary/aromatic N) is 4. The van der Waals surface area contributed by atoms with Crippen molar-refractivity contribution in [1.82, 2.24) is 14.5 Å². The summed E-state index contributed by atoms with van der Waals surface area (Å²) in [5.41, 5.74) is 3.58. The molecule has 2 aromatic heterocycles. The van der Waals surface area contributed by atoms with Gasteiger partial charge in [0.05, 0.1) is 18.0 Å². The maximum Gasteiger partial charge on any atom is 0.270 e. The van der Waals surface area contributed by atoms with Gasteiger partial charge in [0.1, 0.15) is 18.1 Å². The summed E-state index contributed by atoms with van der Waals surface area (Å²) in [6.07, 6.45) is 3.73. The normalized spacial score (nSPS) is 10.9. The number of hydrogen-bond acceptors (Lipinski definition) is 4. The molecule has 35 heavy (non-hydrogen) atoms. The van der Waals surface area contributed by atoms with E-state index >= 15 is 0 Å². The summed E-state index contributed by atoms with van der Waals surface area (Å²) in [4.78, 5) is 19.8. The van der Waals surface area contributed by atoms with Crippen LogP contribution in [0.3, 0.4) is 0 Å². The largest absolute Gasteiger partial charge is 0.488 e. The summed E-state index contributed by atoms with van der Waals surface area (Å²) in [6, 6.07) is 23.9. The maximum absolute atomic E-state index is 13.9. The lowest BCUT2D eigenvalue weighted by molar-refractivity contribution is 0.0735. The average molecular weight is 467 g/mol. The van der Waals surface area contributed by atoms with Gasteiger partial charge in [-0.3, -0.25) is 9.78 Å². The van der Waals surface area contributed by atoms with Crippen molar-refractivity contribution in [3.63, 3.8) is 0 Å². The Morgan fingerprint density at radius 3 is 2.60 bits per heavy atom. The predicted octanol–water partition coefficient (Wildman–Crippen LogP) is 5.83. The Kier molecular flexibility index (Phi) is 7.79. The second-order valence-corrected chi connectivity index (χ2v) is 8.99. The molecule has 0 atom stereocenters. The average Bonchev–Trinajstić information content (AvgIpc) is 3.24. The number of amides is 1. The van der Waals surface area contributed by atoms with E-state index in [9.17, 15) is 10.1 Å². The molecule has 0 aliphatic carbocycles. The fourth-order valence-corrected chi connectivity index (χ4v) is 4.17. The summed E-state index contributed by atoms with van der Waals surface area (Å²) in [6.45, 7) is 6.18. The van der Waals surface area contributed by atoms with Crippen molar-refractivity contribution < 1.29 is 9.53 Å². The van der Waals surface area contributed by atoms with Crippen LogP contribution in [0.1, 0.15) is 41.9 Å². The first kappa shape index (κ1) is 24.0. The van der Waals surface area contributed by atoms with E-state index in [1.807, 2.05) is 66.7 Å². The van der Waals surface area contributed by atoms with Crippen LogP contribution >= 0.6 is 0 Å². The number of carbonyl (C=O) groups excluding carboxylic acids is 1. The first-order valence-electron chi connectivity index (χ1n) is 11.9. The van der Waals surface area contributed by atoms with Crippen LogP contribution in [0.25, 0.3) is 10.9 Å². The minimum atomic E-state index is -0.102. The molecule has 1 amide bonds. The zero-order chi connectivity index (χ0) is 24.6. The van der Waals surface area contributed by atoms with E-state index in [-0.39, 0.29) is 12.3 Å². The van der Waals surface area contributed by atoms with Crippen LogP contribution in [0.4, 0.5) is 0 Å². The Morgan fingerprint density at radius 1 is 1.09 bits per heavy atom. The quantitative estimate of drug-likeness (QED) is 0.295. The first-order valence-corrected chi connectivity index (χ1v) is 11.9. The van der Waals surface area contributed by atoms with E-state index in [0.29, 0.717) is 37.9 Å². The van der Waals surface area contributed by atoms with Crippen LogP contribution in [0.2, 0.25) is 0 Å². The Balaban J connectivity index is 1.71. The summed E-state index contributed by atoms with van der Waals surface area (Å²) in [5.74, 6) is 0.991. The number of rotatable bonds is 10. The summed E-state index contributed by atoms with van der Waals surface area (Å²) >= 11 is 0. The van der Waals surface area contributed by atoms with Crippen LogP contribution in [-0.4, -0.2) is 26.9 Å². The molecule has 6 nitrogen and oxygen atoms in total. The molecule has 0 N–H and O–H groups in total. The Hall–Kier alpha value is -4.11. The van der Waals surface area contributed by atoms with Gasteiger partial charge in [-0.25, -0.2) is 0 Å². The highest BCUT2D eigenvalue weighted by molar-refractivity contribution is 6.00. The van der Waals surface area contributed by atoms with Crippen molar-refractivity contribution >= 4 is 16.8 Å². The Bertz CT molecular complexity index is 1310. The molecule has 4 aromatic rings. The van der Waals surface area contributed by atoms with Gasteiger partial charge in [0.25, 0.3) is 5.91 Å². The number of nitriles is 1. The highest BCUT2D eigenvalue weighted by atomic mass is 16.5. The van der Waals surface area contributed by atoms with E-state index in [1.165, 1.54) is 0 Å². The number of benzene rings is 2. The lowest BCUT2D eigenvalue weighted by Crippen LogP contribution is -2.33. The summed E-state index contributed by atoms with van der Waals surface area (Å²) in [5, 5.41) is 10.1. The molecule has 0 aliphatic rings. The van der Waals surface area contributed by atoms with Crippen LogP contribution in [0.15, 0.2) is 79.1 Å². The predicted molar refractivity (Wildman–Crippen MR) is 137 cm³/mol. The molecule has 0 unspecified atom stereocenters. The van der Waals surface area contributed by atoms with E-state index in [0.717, 1.165) is 27.8 Å². The van der Waals surface area contributed by atoms with Crippen molar-refractivity contribution in [2.75, 3.05) is 6.54 Å². The van der Waals surface area contributed by atoms with Gasteiger partial charge < -0.3 is 14.2 Å². The molecular weight excluding hydrogens is 436 g/mol. The van der Waals surface area contributed by atoms with Crippen molar-refractivity contribution in [3.05, 3.63) is 95.9 Å². The van der Waals surface area contributed by atoms with Crippen LogP contribution in [0, 0.1) is 17.2 Å². The minimum absolute atomic E-state index is 0.102. The molecule has 4 rings (SSSR count). The van der Waals surface area contributed by atoms with Gasteiger partial charge in [-0.15, -0.1) is 0 Å². The molecule has 0 saturated heterocycles. The smallest absolute Gasteiger partial charge is 0.270 e. The van der Waals surface area contributed by atoms with Crippen molar-refractivity contribution in [1.29, 1.82) is 5.26 Å². The second kappa shape index (κ2) is 11.3. The van der Waals surface area contributed by atoms with Crippen molar-refractivity contribution in [3.8, 4) is 11.8 Å². The maximum atomic E-state index is 13.9. The molecule has 0 aliphatic heterocycles. The van der Waals surface area contributed by atoms with E-state index < -0.39 is 0 Å². The van der Waals surface area contributed by atoms with Crippen LogP contribution in [0.5, 0.6) is 5.75 Å². The lowest BCUT2D eigenvalue weighted by atomic mass is 10.2. The SMILES string of the molecule is CC(C)Cn1c(C(=O)N(CCC#N)Cc2cccnc2)cc2c(OCc3ccccc3)cccc21. The second-order valence-electron chi connectivity index (χ2n) is 8.99. The summed E-state index contributed by atoms with van der Waals surface area (Å²) in [7, 11) is 0. The molecule has 0 spiro atoms. The first-order chi connectivity index (χ1) is 17.1. The fraction of sp³-hybridized carbons (Fsp3) is 0.276. The number of ether oxygens (including phenoxy) is 1. The molecule has 178 valence electrons. The minimum Gasteiger partial charge on any atom is -0.488 e. The number of aromatic nitrogens is 2. The van der Waals surface area contributed by atoms with Gasteiger partial charge in [-0.05, 0) is 41.3 Å². The lowest BCUT2D eigenvalue weighted by Gasteiger charge is -2.23. The van der Waals surface area contributed by atoms with Gasteiger partial charge in [0.15, 0.2) is 0 Å². The monoisotopic (exact) mass is 466 g/mol. The third kappa shape index (κ3) is 5.88. The van der Waals surface area contributed by atoms with Gasteiger partial charge >= 0.3 is 0 Å². The Labute approximate surface area is 206 Å². The zero-order valence-corrected chi connectivity index (χ0v) is 20.2. The fourth-order valence-electron chi connectivity index (χ4n) is 4.17. The van der Waals surface area contributed by atoms with E-state index in [1.54, 1.807) is 17.3 Å². The third-order valence-electron chi connectivity index (χ3n) is 5.79. The molecule has 6 heteroatoms. The molecule has 0 fully saturated rings. The van der Waals surface area contributed by atoms with Gasteiger partial charge in [-0.2, -0.15) is 5.26 Å². The van der Waals surface area contributed by atoms with Gasteiger partial charge in [0, 0.05) is 37.4 Å². The zero-order valence-electron chi connectivity index (χ0n) is 20.2. The molecule has 0 bridgehead atoms. The number of pyridine rings is 1. The molecular formula is C29H30N4O2. The van der Waals surface area contributed by atoms with Crippen molar-refractivity contribution in [2.24, 2.45) is 5.92 Å². The highest BCUT2D eigenvalue weighted by Gasteiger charge is 2.23. The number of carbonyl (C=O) groups is 1. The Morgan fingerprint density at radius 2 is 1.89 bits per heavy atom. The standard InChI is InChI=1S/C29H30N4O2/c1-22(2)19-33-26-12-6-13-28(35-21-23-9-4-3-5-10-23)25(26)17-27(33)29(34)32(16-8-14-30)20-24-11-7-15-31-18-24/h3-7,9-13,15,17-18,22H,8,16,19-21H2,1-2H3. The summed E-state index contributed by atoms with van der Waals surface area (Å²) < 4.78 is 8.27. The van der Waals surface area contributed by atoms with Gasteiger partial charge in [0.2, 0.25) is 0 Å². The van der Waals surface area contributed by atoms with Gasteiger partial charge in [-0.1, -0.05) is 56.3 Å². The topological polar surface area (TPSA) is 71.2 Å². The molecule has 2 aromatic carbocycles. The van der Waals surface area contributed by atoms with Crippen LogP contribution in [-0.2, 0) is 19.7 Å². The number of fused-ring (bicyclic) bond motifs is 1. The van der Waals surface area contributed by atoms with Crippen molar-refractivity contribution in [2.45, 2.75) is 40.0 Å². The highest BCUT2D eigenvalue weighted by Crippen LogP contribution is 2.31. The van der Waals surface area contributed by atoms with Crippen LogP contribution < -0.4 is 4.74 Å². The molecule has 0 radical (unpaired) electrons. The van der Waals surface area contributed by atoms with E-state index in [2.05, 4.69) is 29.5 Å². The third-order valence-corrected chi connectivity index (χ3v) is 5.79.